The standard InChI is InChI=1S/C30H50O2/c1-4-7-9-24-11-13-26(14-12-24)23-32-30-20-19-28(31-21-6-3)22-29(30)27-17-15-25(16-18-27)10-8-5-2/h19-20,22,24-27H,4-18,21,23H2,1-3H3. The molecule has 1 aromatic carbocycles. The number of hydrogen-bond acceptors (Lipinski definition) is 2. The van der Waals surface area contributed by atoms with Crippen LogP contribution >= 0.6 is 0 Å². The first kappa shape index (κ1) is 25.4. The van der Waals surface area contributed by atoms with Crippen molar-refractivity contribution in [3.63, 3.8) is 0 Å². The van der Waals surface area contributed by atoms with Crippen molar-refractivity contribution in [2.75, 3.05) is 13.2 Å². The predicted molar refractivity (Wildman–Crippen MR) is 137 cm³/mol. The van der Waals surface area contributed by atoms with E-state index in [2.05, 4.69) is 39.0 Å². The van der Waals surface area contributed by atoms with Crippen molar-refractivity contribution >= 4 is 0 Å². The second-order valence-electron chi connectivity index (χ2n) is 10.7. The van der Waals surface area contributed by atoms with Gasteiger partial charge in [-0.15, -0.1) is 0 Å². The van der Waals surface area contributed by atoms with Crippen LogP contribution < -0.4 is 9.47 Å². The van der Waals surface area contributed by atoms with Gasteiger partial charge < -0.3 is 9.47 Å². The van der Waals surface area contributed by atoms with E-state index in [1.807, 2.05) is 0 Å². The summed E-state index contributed by atoms with van der Waals surface area (Å²) in [5.74, 6) is 5.45. The second-order valence-corrected chi connectivity index (χ2v) is 10.7. The van der Waals surface area contributed by atoms with Crippen LogP contribution in [0.4, 0.5) is 0 Å². The van der Waals surface area contributed by atoms with E-state index in [0.29, 0.717) is 5.92 Å². The van der Waals surface area contributed by atoms with Gasteiger partial charge in [-0.05, 0) is 86.8 Å². The lowest BCUT2D eigenvalue weighted by atomic mass is 9.77. The Morgan fingerprint density at radius 3 is 1.88 bits per heavy atom. The van der Waals surface area contributed by atoms with Crippen molar-refractivity contribution in [3.8, 4) is 11.5 Å². The molecule has 2 saturated carbocycles. The molecule has 0 atom stereocenters. The van der Waals surface area contributed by atoms with Gasteiger partial charge in [-0.2, -0.15) is 0 Å². The summed E-state index contributed by atoms with van der Waals surface area (Å²) in [6.07, 6.45) is 20.3. The molecule has 2 heteroatoms. The summed E-state index contributed by atoms with van der Waals surface area (Å²) in [5.41, 5.74) is 1.42. The van der Waals surface area contributed by atoms with Gasteiger partial charge in [0.25, 0.3) is 0 Å². The Labute approximate surface area is 198 Å². The zero-order valence-electron chi connectivity index (χ0n) is 21.4. The highest BCUT2D eigenvalue weighted by Crippen LogP contribution is 2.42. The van der Waals surface area contributed by atoms with Gasteiger partial charge in [-0.1, -0.05) is 72.1 Å². The predicted octanol–water partition coefficient (Wildman–Crippen LogP) is 9.31. The van der Waals surface area contributed by atoms with E-state index < -0.39 is 0 Å². The van der Waals surface area contributed by atoms with Gasteiger partial charge >= 0.3 is 0 Å². The normalized spacial score (nSPS) is 26.1. The molecule has 2 fully saturated rings. The molecule has 0 N–H and O–H groups in total. The van der Waals surface area contributed by atoms with Crippen LogP contribution in [-0.4, -0.2) is 13.2 Å². The third-order valence-corrected chi connectivity index (χ3v) is 8.11. The molecule has 2 nitrogen and oxygen atoms in total. The molecular formula is C30H50O2. The molecule has 2 aliphatic carbocycles. The third-order valence-electron chi connectivity index (χ3n) is 8.11. The number of unbranched alkanes of at least 4 members (excludes halogenated alkanes) is 2. The molecule has 0 radical (unpaired) electrons. The highest BCUT2D eigenvalue weighted by atomic mass is 16.5. The first-order valence-electron chi connectivity index (χ1n) is 14.1. The van der Waals surface area contributed by atoms with Gasteiger partial charge in [0.05, 0.1) is 13.2 Å². The van der Waals surface area contributed by atoms with Crippen molar-refractivity contribution in [1.82, 2.24) is 0 Å². The number of hydrogen-bond donors (Lipinski definition) is 0. The lowest BCUT2D eigenvalue weighted by Crippen LogP contribution is -2.21. The van der Waals surface area contributed by atoms with Crippen molar-refractivity contribution in [3.05, 3.63) is 23.8 Å². The van der Waals surface area contributed by atoms with Gasteiger partial charge in [0.2, 0.25) is 0 Å². The van der Waals surface area contributed by atoms with Gasteiger partial charge in [0, 0.05) is 5.56 Å². The van der Waals surface area contributed by atoms with E-state index in [9.17, 15) is 0 Å². The lowest BCUT2D eigenvalue weighted by molar-refractivity contribution is 0.175. The first-order valence-corrected chi connectivity index (χ1v) is 14.1. The molecule has 0 unspecified atom stereocenters. The number of rotatable bonds is 13. The summed E-state index contributed by atoms with van der Waals surface area (Å²) in [7, 11) is 0. The largest absolute Gasteiger partial charge is 0.494 e. The molecular weight excluding hydrogens is 392 g/mol. The second kappa shape index (κ2) is 14.2. The molecule has 0 bridgehead atoms. The average Bonchev–Trinajstić information content (AvgIpc) is 2.85. The van der Waals surface area contributed by atoms with Crippen LogP contribution in [0.1, 0.15) is 129 Å². The minimum atomic E-state index is 0.637. The maximum atomic E-state index is 6.54. The molecule has 0 spiro atoms. The Morgan fingerprint density at radius 2 is 1.28 bits per heavy atom. The minimum Gasteiger partial charge on any atom is -0.494 e. The summed E-state index contributed by atoms with van der Waals surface area (Å²) in [5, 5.41) is 0. The molecule has 1 aromatic rings. The van der Waals surface area contributed by atoms with Gasteiger partial charge in [-0.3, -0.25) is 0 Å². The summed E-state index contributed by atoms with van der Waals surface area (Å²) >= 11 is 0. The summed E-state index contributed by atoms with van der Waals surface area (Å²) in [6.45, 7) is 8.49. The smallest absolute Gasteiger partial charge is 0.123 e. The molecule has 0 heterocycles. The monoisotopic (exact) mass is 442 g/mol. The highest BCUT2D eigenvalue weighted by Gasteiger charge is 2.26. The first-order chi connectivity index (χ1) is 15.7. The molecule has 32 heavy (non-hydrogen) atoms. The van der Waals surface area contributed by atoms with Crippen LogP contribution in [0.15, 0.2) is 18.2 Å². The Bertz CT molecular complexity index is 624. The maximum absolute atomic E-state index is 6.54. The Hall–Kier alpha value is -1.18. The van der Waals surface area contributed by atoms with Crippen molar-refractivity contribution < 1.29 is 9.47 Å². The van der Waals surface area contributed by atoms with Crippen LogP contribution in [0.5, 0.6) is 11.5 Å². The molecule has 0 saturated heterocycles. The summed E-state index contributed by atoms with van der Waals surface area (Å²) in [4.78, 5) is 0. The number of ether oxygens (including phenoxy) is 2. The molecule has 0 aliphatic heterocycles. The van der Waals surface area contributed by atoms with E-state index >= 15 is 0 Å². The van der Waals surface area contributed by atoms with Crippen molar-refractivity contribution in [1.29, 1.82) is 0 Å². The minimum absolute atomic E-state index is 0.637. The van der Waals surface area contributed by atoms with Gasteiger partial charge in [0.1, 0.15) is 11.5 Å². The average molecular weight is 443 g/mol. The Morgan fingerprint density at radius 1 is 0.688 bits per heavy atom. The maximum Gasteiger partial charge on any atom is 0.123 e. The van der Waals surface area contributed by atoms with Crippen molar-refractivity contribution in [2.24, 2.45) is 17.8 Å². The topological polar surface area (TPSA) is 18.5 Å². The van der Waals surface area contributed by atoms with Crippen LogP contribution in [0, 0.1) is 17.8 Å². The summed E-state index contributed by atoms with van der Waals surface area (Å²) in [6, 6.07) is 6.64. The fraction of sp³-hybridized carbons (Fsp3) is 0.800. The third kappa shape index (κ3) is 7.99. The lowest BCUT2D eigenvalue weighted by Gasteiger charge is -2.31. The van der Waals surface area contributed by atoms with E-state index in [1.54, 1.807) is 0 Å². The fourth-order valence-electron chi connectivity index (χ4n) is 5.93. The molecule has 0 amide bonds. The zero-order chi connectivity index (χ0) is 22.6. The van der Waals surface area contributed by atoms with Crippen LogP contribution in [0.3, 0.4) is 0 Å². The van der Waals surface area contributed by atoms with Gasteiger partial charge in [-0.25, -0.2) is 0 Å². The fourth-order valence-corrected chi connectivity index (χ4v) is 5.93. The van der Waals surface area contributed by atoms with Crippen LogP contribution in [0.2, 0.25) is 0 Å². The molecule has 3 rings (SSSR count). The SMILES string of the molecule is CCCCC1CCC(COc2ccc(OCCC)cc2C2CCC(CCCC)CC2)CC1. The summed E-state index contributed by atoms with van der Waals surface area (Å²) < 4.78 is 12.5. The van der Waals surface area contributed by atoms with E-state index in [-0.39, 0.29) is 0 Å². The van der Waals surface area contributed by atoms with Crippen molar-refractivity contribution in [2.45, 2.75) is 123 Å². The Balaban J connectivity index is 1.57. The highest BCUT2D eigenvalue weighted by molar-refractivity contribution is 5.43. The Kier molecular flexibility index (Phi) is 11.3. The van der Waals surface area contributed by atoms with Crippen LogP contribution in [0.25, 0.3) is 0 Å². The molecule has 0 aromatic heterocycles. The van der Waals surface area contributed by atoms with Gasteiger partial charge in [0.15, 0.2) is 0 Å². The molecule has 2 aliphatic rings. The van der Waals surface area contributed by atoms with E-state index in [1.165, 1.54) is 95.5 Å². The quantitative estimate of drug-likeness (QED) is 0.303. The number of benzene rings is 1. The van der Waals surface area contributed by atoms with E-state index in [4.69, 9.17) is 9.47 Å². The molecule has 182 valence electrons. The van der Waals surface area contributed by atoms with Crippen LogP contribution in [-0.2, 0) is 0 Å². The van der Waals surface area contributed by atoms with E-state index in [0.717, 1.165) is 48.9 Å². The zero-order valence-corrected chi connectivity index (χ0v) is 21.4.